The van der Waals surface area contributed by atoms with Crippen LogP contribution >= 0.6 is 0 Å². The quantitative estimate of drug-likeness (QED) is 0.373. The van der Waals surface area contributed by atoms with Gasteiger partial charge in [0.2, 0.25) is 6.79 Å². The van der Waals surface area contributed by atoms with Crippen LogP contribution in [0.1, 0.15) is 35.7 Å². The lowest BCUT2D eigenvalue weighted by Gasteiger charge is -2.33. The van der Waals surface area contributed by atoms with Gasteiger partial charge in [-0.2, -0.15) is 0 Å². The zero-order valence-electron chi connectivity index (χ0n) is 18.8. The number of anilines is 3. The average Bonchev–Trinajstić information content (AvgIpc) is 3.50. The van der Waals surface area contributed by atoms with E-state index in [2.05, 4.69) is 28.4 Å². The minimum absolute atomic E-state index is 0.0295. The van der Waals surface area contributed by atoms with E-state index >= 15 is 0 Å². The maximum atomic E-state index is 13.8. The molecule has 3 aliphatic rings. The Morgan fingerprint density at radius 3 is 2.79 bits per heavy atom. The number of nitrogens with one attached hydrogen (secondary N) is 1. The summed E-state index contributed by atoms with van der Waals surface area (Å²) in [7, 11) is 0. The highest BCUT2D eigenvalue weighted by Gasteiger charge is 2.34. The first-order valence-corrected chi connectivity index (χ1v) is 11.7. The summed E-state index contributed by atoms with van der Waals surface area (Å²) in [5.74, 6) is 2.62. The molecule has 0 saturated carbocycles. The smallest absolute Gasteiger partial charge is 0.231 e. The van der Waals surface area contributed by atoms with Crippen molar-refractivity contribution < 1.29 is 18.8 Å². The Morgan fingerprint density at radius 2 is 1.91 bits per heavy atom. The predicted molar refractivity (Wildman–Crippen MR) is 129 cm³/mol. The molecule has 1 fully saturated rings. The van der Waals surface area contributed by atoms with Crippen molar-refractivity contribution in [2.75, 3.05) is 30.1 Å². The van der Waals surface area contributed by atoms with Gasteiger partial charge in [0.1, 0.15) is 5.52 Å². The molecular weight excluding hydrogens is 430 g/mol. The summed E-state index contributed by atoms with van der Waals surface area (Å²) in [5, 5.41) is 8.76. The van der Waals surface area contributed by atoms with E-state index in [4.69, 9.17) is 14.0 Å². The Labute approximate surface area is 196 Å². The van der Waals surface area contributed by atoms with Crippen LogP contribution in [0.4, 0.5) is 17.1 Å². The van der Waals surface area contributed by atoms with Crippen LogP contribution in [-0.4, -0.2) is 30.8 Å². The fraction of sp³-hybridized carbons (Fsp3) is 0.259. The van der Waals surface area contributed by atoms with Gasteiger partial charge in [0.15, 0.2) is 23.0 Å². The van der Waals surface area contributed by atoms with Gasteiger partial charge in [-0.3, -0.25) is 4.79 Å². The van der Waals surface area contributed by atoms with E-state index in [9.17, 15) is 4.79 Å². The van der Waals surface area contributed by atoms with Crippen molar-refractivity contribution in [1.29, 1.82) is 0 Å². The Morgan fingerprint density at radius 1 is 1.06 bits per heavy atom. The van der Waals surface area contributed by atoms with Crippen LogP contribution in [0.2, 0.25) is 0 Å². The van der Waals surface area contributed by atoms with E-state index < -0.39 is 0 Å². The van der Waals surface area contributed by atoms with Crippen LogP contribution < -0.4 is 19.7 Å². The van der Waals surface area contributed by atoms with Gasteiger partial charge in [-0.25, -0.2) is 0 Å². The normalized spacial score (nSPS) is 18.3. The van der Waals surface area contributed by atoms with Crippen LogP contribution in [0.25, 0.3) is 22.2 Å². The van der Waals surface area contributed by atoms with Gasteiger partial charge in [-0.05, 0) is 37.0 Å². The van der Waals surface area contributed by atoms with Crippen molar-refractivity contribution in [3.05, 3.63) is 59.7 Å². The third-order valence-corrected chi connectivity index (χ3v) is 7.03. The summed E-state index contributed by atoms with van der Waals surface area (Å²) >= 11 is 0. The number of piperidine rings is 1. The average molecular weight is 453 g/mol. The lowest BCUT2D eigenvalue weighted by molar-refractivity contribution is 0.104. The number of fused-ring (bicyclic) bond motifs is 3. The third-order valence-electron chi connectivity index (χ3n) is 7.03. The molecule has 1 aliphatic carbocycles. The highest BCUT2D eigenvalue weighted by atomic mass is 16.7. The van der Waals surface area contributed by atoms with E-state index in [1.54, 1.807) is 0 Å². The largest absolute Gasteiger partial charge is 0.454 e. The molecule has 1 atom stereocenters. The molecule has 0 bridgehead atoms. The van der Waals surface area contributed by atoms with Gasteiger partial charge >= 0.3 is 0 Å². The Balaban J connectivity index is 1.45. The number of carbonyl (C=O) groups excluding carboxylic acids is 1. The van der Waals surface area contributed by atoms with Crippen molar-refractivity contribution in [1.82, 2.24) is 5.16 Å². The van der Waals surface area contributed by atoms with Crippen molar-refractivity contribution >= 4 is 33.7 Å². The van der Waals surface area contributed by atoms with Gasteiger partial charge in [-0.1, -0.05) is 36.3 Å². The molecule has 2 aliphatic heterocycles. The van der Waals surface area contributed by atoms with E-state index in [1.807, 2.05) is 42.5 Å². The van der Waals surface area contributed by atoms with Crippen LogP contribution in [-0.2, 0) is 0 Å². The summed E-state index contributed by atoms with van der Waals surface area (Å²) in [4.78, 5) is 16.1. The minimum atomic E-state index is -0.0295. The molecule has 4 aromatic rings. The number of ketones is 1. The maximum absolute atomic E-state index is 13.8. The summed E-state index contributed by atoms with van der Waals surface area (Å²) < 4.78 is 16.9. The molecule has 34 heavy (non-hydrogen) atoms. The third kappa shape index (κ3) is 2.83. The fourth-order valence-corrected chi connectivity index (χ4v) is 5.42. The highest BCUT2D eigenvalue weighted by molar-refractivity contribution is 6.28. The molecule has 7 heteroatoms. The summed E-state index contributed by atoms with van der Waals surface area (Å²) in [6.45, 7) is 4.40. The molecule has 170 valence electrons. The van der Waals surface area contributed by atoms with Crippen molar-refractivity contribution in [2.24, 2.45) is 5.92 Å². The molecular formula is C27H23N3O4. The first kappa shape index (κ1) is 19.5. The molecule has 1 N–H and O–H groups in total. The Kier molecular flexibility index (Phi) is 4.15. The van der Waals surface area contributed by atoms with Gasteiger partial charge in [0.25, 0.3) is 0 Å². The zero-order valence-corrected chi connectivity index (χ0v) is 18.8. The molecule has 7 nitrogen and oxygen atoms in total. The standard InChI is InChI=1S/C27H23N3O4/c1-15-5-4-10-30(13-15)20-12-19(28-16-8-9-21-22(11-16)33-14-32-21)23-24-25(20)29-34-27(24)18-7-3-2-6-17(18)26(23)31/h2-3,6-9,11-12,15,28H,4-5,10,13-14H2,1H3. The molecule has 1 aromatic heterocycles. The van der Waals surface area contributed by atoms with E-state index in [0.717, 1.165) is 58.8 Å². The van der Waals surface area contributed by atoms with Gasteiger partial charge in [0, 0.05) is 36.0 Å². The zero-order chi connectivity index (χ0) is 22.8. The molecule has 3 aromatic carbocycles. The number of rotatable bonds is 3. The second-order valence-corrected chi connectivity index (χ2v) is 9.31. The number of ether oxygens (including phenoxy) is 2. The number of hydrogen-bond donors (Lipinski definition) is 1. The summed E-state index contributed by atoms with van der Waals surface area (Å²) in [6.07, 6.45) is 2.35. The molecule has 0 spiro atoms. The Bertz CT molecular complexity index is 1470. The number of carbonyl (C=O) groups is 1. The van der Waals surface area contributed by atoms with Gasteiger partial charge in [-0.15, -0.1) is 0 Å². The molecule has 0 radical (unpaired) electrons. The van der Waals surface area contributed by atoms with Gasteiger partial charge < -0.3 is 24.2 Å². The number of nitrogens with zero attached hydrogens (tertiary/aromatic N) is 2. The number of hydrogen-bond acceptors (Lipinski definition) is 7. The monoisotopic (exact) mass is 453 g/mol. The molecule has 7 rings (SSSR count). The van der Waals surface area contributed by atoms with E-state index in [1.165, 1.54) is 6.42 Å². The topological polar surface area (TPSA) is 76.8 Å². The van der Waals surface area contributed by atoms with Crippen molar-refractivity contribution in [2.45, 2.75) is 19.8 Å². The second kappa shape index (κ2) is 7.25. The van der Waals surface area contributed by atoms with Gasteiger partial charge in [0.05, 0.1) is 22.3 Å². The molecule has 0 amide bonds. The van der Waals surface area contributed by atoms with Crippen molar-refractivity contribution in [3.8, 4) is 22.8 Å². The Hall–Kier alpha value is -4.00. The van der Waals surface area contributed by atoms with Crippen LogP contribution in [0.15, 0.2) is 53.1 Å². The van der Waals surface area contributed by atoms with E-state index in [-0.39, 0.29) is 12.6 Å². The number of aromatic nitrogens is 1. The predicted octanol–water partition coefficient (Wildman–Crippen LogP) is 5.75. The van der Waals surface area contributed by atoms with Crippen molar-refractivity contribution in [3.63, 3.8) is 0 Å². The SMILES string of the molecule is CC1CCCN(c2cc(Nc3ccc4c(c3)OCO4)c3c4c(onc24)-c2ccccc2C3=O)C1. The first-order valence-electron chi connectivity index (χ1n) is 11.7. The summed E-state index contributed by atoms with van der Waals surface area (Å²) in [5.41, 5.74) is 5.32. The van der Waals surface area contributed by atoms with Crippen LogP contribution in [0.5, 0.6) is 11.5 Å². The maximum Gasteiger partial charge on any atom is 0.231 e. The van der Waals surface area contributed by atoms with E-state index in [0.29, 0.717) is 28.6 Å². The summed E-state index contributed by atoms with van der Waals surface area (Å²) in [6, 6.07) is 15.3. The lowest BCUT2D eigenvalue weighted by Crippen LogP contribution is -2.34. The second-order valence-electron chi connectivity index (χ2n) is 9.31. The number of benzene rings is 3. The molecule has 1 saturated heterocycles. The fourth-order valence-electron chi connectivity index (χ4n) is 5.42. The van der Waals surface area contributed by atoms with Crippen LogP contribution in [0, 0.1) is 5.92 Å². The lowest BCUT2D eigenvalue weighted by atomic mass is 9.86. The minimum Gasteiger partial charge on any atom is -0.454 e. The molecule has 1 unspecified atom stereocenters. The molecule has 3 heterocycles. The highest BCUT2D eigenvalue weighted by Crippen LogP contribution is 2.47. The first-order chi connectivity index (χ1) is 16.7. The van der Waals surface area contributed by atoms with Crippen LogP contribution in [0.3, 0.4) is 0 Å².